The van der Waals surface area contributed by atoms with Crippen LogP contribution in [0.25, 0.3) is 0 Å². The Kier molecular flexibility index (Phi) is 5.66. The van der Waals surface area contributed by atoms with Crippen molar-refractivity contribution in [1.29, 1.82) is 0 Å². The number of hydrogen-bond acceptors (Lipinski definition) is 4. The Morgan fingerprint density at radius 1 is 1.28 bits per heavy atom. The number of likely N-dealkylation sites (tertiary alicyclic amines) is 1. The molecule has 5 heteroatoms. The van der Waals surface area contributed by atoms with Gasteiger partial charge in [-0.3, -0.25) is 4.79 Å². The lowest BCUT2D eigenvalue weighted by Crippen LogP contribution is -2.41. The van der Waals surface area contributed by atoms with Crippen LogP contribution in [0.5, 0.6) is 5.88 Å². The van der Waals surface area contributed by atoms with Crippen LogP contribution in [0.2, 0.25) is 0 Å². The van der Waals surface area contributed by atoms with E-state index in [1.807, 2.05) is 35.2 Å². The molecule has 0 bridgehead atoms. The highest BCUT2D eigenvalue weighted by Gasteiger charge is 2.28. The molecule has 5 nitrogen and oxygen atoms in total. The number of carbonyl (C=O) groups excluding carboxylic acids is 1. The molecule has 2 aromatic rings. The van der Waals surface area contributed by atoms with Crippen molar-refractivity contribution in [2.45, 2.75) is 25.4 Å². The number of pyridine rings is 1. The largest absolute Gasteiger partial charge is 0.481 e. The van der Waals surface area contributed by atoms with Crippen molar-refractivity contribution >= 4 is 5.91 Å². The van der Waals surface area contributed by atoms with Crippen LogP contribution in [0.15, 0.2) is 48.7 Å². The van der Waals surface area contributed by atoms with Gasteiger partial charge >= 0.3 is 0 Å². The zero-order valence-corrected chi connectivity index (χ0v) is 14.5. The van der Waals surface area contributed by atoms with Crippen molar-refractivity contribution in [3.63, 3.8) is 0 Å². The zero-order valence-electron chi connectivity index (χ0n) is 14.5. The third-order valence-corrected chi connectivity index (χ3v) is 4.85. The number of aromatic nitrogens is 1. The maximum atomic E-state index is 12.6. The number of aliphatic hydroxyl groups excluding tert-OH is 1. The average molecular weight is 340 g/mol. The van der Waals surface area contributed by atoms with Crippen molar-refractivity contribution in [1.82, 2.24) is 9.88 Å². The van der Waals surface area contributed by atoms with Crippen LogP contribution in [0, 0.1) is 5.92 Å². The summed E-state index contributed by atoms with van der Waals surface area (Å²) in [6, 6.07) is 13.4. The fraction of sp³-hybridized carbons (Fsp3) is 0.400. The number of carbonyl (C=O) groups is 1. The Morgan fingerprint density at radius 3 is 2.68 bits per heavy atom. The van der Waals surface area contributed by atoms with E-state index < -0.39 is 0 Å². The van der Waals surface area contributed by atoms with E-state index in [1.54, 1.807) is 18.3 Å². The number of hydrogen-bond donors (Lipinski definition) is 1. The molecule has 1 aromatic carbocycles. The molecular weight excluding hydrogens is 316 g/mol. The zero-order chi connectivity index (χ0) is 17.6. The summed E-state index contributed by atoms with van der Waals surface area (Å²) in [5.41, 5.74) is 1.74. The van der Waals surface area contributed by atoms with Crippen LogP contribution in [-0.2, 0) is 6.42 Å². The molecule has 0 saturated carbocycles. The number of rotatable bonds is 5. The predicted molar refractivity (Wildman–Crippen MR) is 95.6 cm³/mol. The summed E-state index contributed by atoms with van der Waals surface area (Å²) in [4.78, 5) is 18.5. The Balaban J connectivity index is 1.55. The van der Waals surface area contributed by atoms with Crippen molar-refractivity contribution in [2.24, 2.45) is 5.92 Å². The minimum Gasteiger partial charge on any atom is -0.481 e. The van der Waals surface area contributed by atoms with Gasteiger partial charge in [-0.05, 0) is 36.8 Å². The number of aliphatic hydroxyl groups is 1. The topological polar surface area (TPSA) is 62.7 Å². The highest BCUT2D eigenvalue weighted by Crippen LogP contribution is 2.24. The van der Waals surface area contributed by atoms with Crippen LogP contribution in [-0.4, -0.2) is 47.2 Å². The predicted octanol–water partition coefficient (Wildman–Crippen LogP) is 2.55. The van der Waals surface area contributed by atoms with Gasteiger partial charge in [0, 0.05) is 30.9 Å². The van der Waals surface area contributed by atoms with Crippen LogP contribution < -0.4 is 4.74 Å². The second-order valence-electron chi connectivity index (χ2n) is 6.47. The van der Waals surface area contributed by atoms with Crippen molar-refractivity contribution in [2.75, 3.05) is 20.2 Å². The van der Waals surface area contributed by atoms with Crippen LogP contribution in [0.3, 0.4) is 0 Å². The summed E-state index contributed by atoms with van der Waals surface area (Å²) in [6.07, 6.45) is 3.54. The fourth-order valence-corrected chi connectivity index (χ4v) is 3.35. The van der Waals surface area contributed by atoms with Gasteiger partial charge in [-0.1, -0.05) is 30.3 Å². The molecule has 1 aromatic heterocycles. The van der Waals surface area contributed by atoms with Gasteiger partial charge in [-0.25, -0.2) is 4.98 Å². The number of benzene rings is 1. The van der Waals surface area contributed by atoms with E-state index in [1.165, 1.54) is 7.11 Å². The molecule has 1 atom stereocenters. The van der Waals surface area contributed by atoms with E-state index >= 15 is 0 Å². The number of nitrogens with zero attached hydrogens (tertiary/aromatic N) is 2. The fourth-order valence-electron chi connectivity index (χ4n) is 3.35. The first-order valence-electron chi connectivity index (χ1n) is 8.68. The van der Waals surface area contributed by atoms with E-state index in [0.717, 1.165) is 18.4 Å². The standard InChI is InChI=1S/C20H24N2O3/c1-25-19-14-17(7-10-21-19)20(24)22-11-8-16(9-12-22)18(23)13-15-5-3-2-4-6-15/h2-7,10,14,16,18,23H,8-9,11-13H2,1H3/t18-/m0/s1. The van der Waals surface area contributed by atoms with Gasteiger partial charge in [-0.15, -0.1) is 0 Å². The highest BCUT2D eigenvalue weighted by atomic mass is 16.5. The van der Waals surface area contributed by atoms with Gasteiger partial charge in [0.25, 0.3) is 5.91 Å². The first-order chi connectivity index (χ1) is 12.2. The average Bonchev–Trinajstić information content (AvgIpc) is 2.68. The molecule has 1 saturated heterocycles. The third kappa shape index (κ3) is 4.37. The molecule has 0 radical (unpaired) electrons. The second kappa shape index (κ2) is 8.12. The van der Waals surface area contributed by atoms with Gasteiger partial charge in [-0.2, -0.15) is 0 Å². The molecule has 0 spiro atoms. The summed E-state index contributed by atoms with van der Waals surface area (Å²) in [7, 11) is 1.54. The Morgan fingerprint density at radius 2 is 2.00 bits per heavy atom. The Labute approximate surface area is 148 Å². The number of methoxy groups -OCH3 is 1. The minimum absolute atomic E-state index is 0.00306. The lowest BCUT2D eigenvalue weighted by Gasteiger charge is -2.34. The van der Waals surface area contributed by atoms with Crippen LogP contribution >= 0.6 is 0 Å². The molecule has 132 valence electrons. The van der Waals surface area contributed by atoms with Crippen molar-refractivity contribution in [3.8, 4) is 5.88 Å². The molecule has 1 amide bonds. The molecule has 1 aliphatic heterocycles. The molecule has 25 heavy (non-hydrogen) atoms. The van der Waals surface area contributed by atoms with Crippen LogP contribution in [0.1, 0.15) is 28.8 Å². The highest BCUT2D eigenvalue weighted by molar-refractivity contribution is 5.94. The number of ether oxygens (including phenoxy) is 1. The van der Waals surface area contributed by atoms with Gasteiger partial charge in [0.1, 0.15) is 0 Å². The minimum atomic E-state index is -0.360. The van der Waals surface area contributed by atoms with Gasteiger partial charge in [0.15, 0.2) is 0 Å². The SMILES string of the molecule is COc1cc(C(=O)N2CCC([C@@H](O)Cc3ccccc3)CC2)ccn1. The van der Waals surface area contributed by atoms with Crippen LogP contribution in [0.4, 0.5) is 0 Å². The molecule has 2 heterocycles. The normalized spacial score (nSPS) is 16.5. The molecule has 0 aliphatic carbocycles. The maximum absolute atomic E-state index is 12.6. The molecule has 1 fully saturated rings. The van der Waals surface area contributed by atoms with E-state index in [-0.39, 0.29) is 17.9 Å². The molecule has 1 N–H and O–H groups in total. The molecule has 3 rings (SSSR count). The summed E-state index contributed by atoms with van der Waals surface area (Å²) >= 11 is 0. The second-order valence-corrected chi connectivity index (χ2v) is 6.47. The van der Waals surface area contributed by atoms with Gasteiger partial charge in [0.2, 0.25) is 5.88 Å². The van der Waals surface area contributed by atoms with E-state index in [4.69, 9.17) is 4.74 Å². The summed E-state index contributed by atoms with van der Waals surface area (Å²) in [5.74, 6) is 0.673. The lowest BCUT2D eigenvalue weighted by atomic mass is 9.88. The van der Waals surface area contributed by atoms with Crippen molar-refractivity contribution < 1.29 is 14.6 Å². The van der Waals surface area contributed by atoms with Gasteiger partial charge in [0.05, 0.1) is 13.2 Å². The quantitative estimate of drug-likeness (QED) is 0.909. The van der Waals surface area contributed by atoms with E-state index in [0.29, 0.717) is 31.0 Å². The third-order valence-electron chi connectivity index (χ3n) is 4.85. The first-order valence-corrected chi connectivity index (χ1v) is 8.68. The molecule has 1 aliphatic rings. The van der Waals surface area contributed by atoms with Gasteiger partial charge < -0.3 is 14.7 Å². The summed E-state index contributed by atoms with van der Waals surface area (Å²) in [6.45, 7) is 1.33. The smallest absolute Gasteiger partial charge is 0.254 e. The Bertz CT molecular complexity index is 697. The molecule has 0 unspecified atom stereocenters. The number of amides is 1. The van der Waals surface area contributed by atoms with Crippen molar-refractivity contribution in [3.05, 3.63) is 59.8 Å². The summed E-state index contributed by atoms with van der Waals surface area (Å²) in [5, 5.41) is 10.5. The lowest BCUT2D eigenvalue weighted by molar-refractivity contribution is 0.0467. The monoisotopic (exact) mass is 340 g/mol. The number of piperidine rings is 1. The molecular formula is C20H24N2O3. The first kappa shape index (κ1) is 17.4. The maximum Gasteiger partial charge on any atom is 0.254 e. The Hall–Kier alpha value is -2.40. The summed E-state index contributed by atoms with van der Waals surface area (Å²) < 4.78 is 5.08. The van der Waals surface area contributed by atoms with E-state index in [2.05, 4.69) is 4.98 Å². The van der Waals surface area contributed by atoms with E-state index in [9.17, 15) is 9.90 Å².